The fraction of sp³-hybridized carbons (Fsp3) is 0.565. The maximum Gasteiger partial charge on any atom is 0.226 e. The molecule has 1 atom stereocenters. The van der Waals surface area contributed by atoms with Crippen LogP contribution in [0.25, 0.3) is 22.1 Å². The molecule has 1 unspecified atom stereocenters. The zero-order chi connectivity index (χ0) is 25.9. The molecule has 13 nitrogen and oxygen atoms in total. The molecule has 4 aromatic heterocycles. The quantitative estimate of drug-likeness (QED) is 0.369. The van der Waals surface area contributed by atoms with Crippen molar-refractivity contribution in [2.24, 2.45) is 0 Å². The molecule has 202 valence electrons. The first-order chi connectivity index (χ1) is 18.7. The van der Waals surface area contributed by atoms with Crippen molar-refractivity contribution in [3.05, 3.63) is 23.0 Å². The molecule has 4 aromatic rings. The van der Waals surface area contributed by atoms with Gasteiger partial charge in [-0.3, -0.25) is 5.10 Å². The van der Waals surface area contributed by atoms with Gasteiger partial charge in [0.05, 0.1) is 49.6 Å². The summed E-state index contributed by atoms with van der Waals surface area (Å²) >= 11 is 12.0. The second-order valence-electron chi connectivity index (χ2n) is 9.11. The predicted octanol–water partition coefficient (Wildman–Crippen LogP) is 2.86. The summed E-state index contributed by atoms with van der Waals surface area (Å²) < 4.78 is 18.4. The van der Waals surface area contributed by atoms with E-state index in [1.807, 2.05) is 10.9 Å². The van der Waals surface area contributed by atoms with E-state index in [0.29, 0.717) is 32.1 Å². The molecular formula is C23H28Cl2N10O3. The van der Waals surface area contributed by atoms with Gasteiger partial charge in [0, 0.05) is 32.8 Å². The van der Waals surface area contributed by atoms with E-state index in [-0.39, 0.29) is 16.8 Å². The Morgan fingerprint density at radius 3 is 2.08 bits per heavy atom. The molecule has 0 aliphatic carbocycles. The number of nitrogens with zero attached hydrogens (tertiary/aromatic N) is 9. The maximum absolute atomic E-state index is 6.15. The third kappa shape index (κ3) is 5.34. The summed E-state index contributed by atoms with van der Waals surface area (Å²) in [4.78, 5) is 21.4. The molecule has 7 rings (SSSR count). The Labute approximate surface area is 228 Å². The monoisotopic (exact) mass is 562 g/mol. The lowest BCUT2D eigenvalue weighted by Gasteiger charge is -2.28. The molecule has 0 aromatic carbocycles. The van der Waals surface area contributed by atoms with Crippen LogP contribution in [-0.4, -0.2) is 99.1 Å². The maximum atomic E-state index is 6.15. The van der Waals surface area contributed by atoms with Gasteiger partial charge in [0.25, 0.3) is 0 Å². The van der Waals surface area contributed by atoms with Crippen molar-refractivity contribution in [1.82, 2.24) is 39.9 Å². The summed E-state index contributed by atoms with van der Waals surface area (Å²) in [6, 6.07) is 0. The van der Waals surface area contributed by atoms with Crippen LogP contribution in [0.4, 0.5) is 11.6 Å². The van der Waals surface area contributed by atoms with Crippen LogP contribution in [-0.2, 0) is 14.2 Å². The second-order valence-corrected chi connectivity index (χ2v) is 9.79. The molecule has 3 fully saturated rings. The summed E-state index contributed by atoms with van der Waals surface area (Å²) in [7, 11) is 0. The molecule has 0 bridgehead atoms. The fourth-order valence-corrected chi connectivity index (χ4v) is 5.16. The van der Waals surface area contributed by atoms with Gasteiger partial charge >= 0.3 is 0 Å². The first kappa shape index (κ1) is 25.4. The van der Waals surface area contributed by atoms with Gasteiger partial charge in [0.2, 0.25) is 10.6 Å². The average Bonchev–Trinajstić information content (AvgIpc) is 3.61. The number of nitrogens with one attached hydrogen (secondary N) is 1. The number of morpholine rings is 2. The first-order valence-electron chi connectivity index (χ1n) is 12.7. The molecule has 3 aliphatic heterocycles. The minimum absolute atomic E-state index is 0.0604. The van der Waals surface area contributed by atoms with Gasteiger partial charge < -0.3 is 24.0 Å². The van der Waals surface area contributed by atoms with Crippen LogP contribution in [0.5, 0.6) is 0 Å². The van der Waals surface area contributed by atoms with Crippen LogP contribution in [0.2, 0.25) is 10.6 Å². The number of hydrogen-bond acceptors (Lipinski definition) is 11. The van der Waals surface area contributed by atoms with E-state index in [1.165, 1.54) is 0 Å². The van der Waals surface area contributed by atoms with Crippen molar-refractivity contribution in [2.45, 2.75) is 25.5 Å². The Balaban J connectivity index is 0.000000146. The van der Waals surface area contributed by atoms with Crippen molar-refractivity contribution in [1.29, 1.82) is 0 Å². The van der Waals surface area contributed by atoms with Crippen LogP contribution in [0.3, 0.4) is 0 Å². The molecule has 1 N–H and O–H groups in total. The van der Waals surface area contributed by atoms with Gasteiger partial charge in [-0.25, -0.2) is 4.68 Å². The number of rotatable bonds is 3. The van der Waals surface area contributed by atoms with E-state index < -0.39 is 0 Å². The lowest BCUT2D eigenvalue weighted by molar-refractivity contribution is -0.0370. The van der Waals surface area contributed by atoms with E-state index in [4.69, 9.17) is 37.4 Å². The number of H-pyrrole nitrogens is 1. The smallest absolute Gasteiger partial charge is 0.226 e. The second kappa shape index (κ2) is 11.5. The number of hydrogen-bond donors (Lipinski definition) is 1. The molecular weight excluding hydrogens is 535 g/mol. The first-order valence-corrected chi connectivity index (χ1v) is 13.5. The van der Waals surface area contributed by atoms with E-state index >= 15 is 0 Å². The highest BCUT2D eigenvalue weighted by molar-refractivity contribution is 6.29. The van der Waals surface area contributed by atoms with Gasteiger partial charge in [-0.1, -0.05) is 0 Å². The highest BCUT2D eigenvalue weighted by Crippen LogP contribution is 2.30. The van der Waals surface area contributed by atoms with Crippen LogP contribution in [0, 0.1) is 0 Å². The summed E-state index contributed by atoms with van der Waals surface area (Å²) in [5.41, 5.74) is 1.41. The molecule has 3 aliphatic rings. The zero-order valence-corrected chi connectivity index (χ0v) is 22.2. The van der Waals surface area contributed by atoms with Crippen molar-refractivity contribution in [3.8, 4) is 0 Å². The predicted molar refractivity (Wildman–Crippen MR) is 142 cm³/mol. The molecule has 15 heteroatoms. The van der Waals surface area contributed by atoms with Crippen LogP contribution < -0.4 is 9.80 Å². The fourth-order valence-electron chi connectivity index (χ4n) is 4.84. The van der Waals surface area contributed by atoms with Gasteiger partial charge in [-0.05, 0) is 42.5 Å². The minimum atomic E-state index is -0.0604. The largest absolute Gasteiger partial charge is 0.378 e. The molecule has 0 spiro atoms. The molecule has 0 saturated carbocycles. The van der Waals surface area contributed by atoms with Gasteiger partial charge in [-0.15, -0.1) is 0 Å². The van der Waals surface area contributed by atoms with Crippen LogP contribution >= 0.6 is 23.2 Å². The number of anilines is 2. The Morgan fingerprint density at radius 1 is 0.763 bits per heavy atom. The lowest BCUT2D eigenvalue weighted by atomic mass is 10.2. The summed E-state index contributed by atoms with van der Waals surface area (Å²) in [5, 5.41) is 13.5. The molecule has 0 radical (unpaired) electrons. The molecule has 0 amide bonds. The van der Waals surface area contributed by atoms with Crippen LogP contribution in [0.15, 0.2) is 12.4 Å². The van der Waals surface area contributed by atoms with Crippen molar-refractivity contribution >= 4 is 56.9 Å². The highest BCUT2D eigenvalue weighted by atomic mass is 35.5. The van der Waals surface area contributed by atoms with Crippen molar-refractivity contribution in [3.63, 3.8) is 0 Å². The van der Waals surface area contributed by atoms with E-state index in [9.17, 15) is 0 Å². The van der Waals surface area contributed by atoms with E-state index in [0.717, 1.165) is 80.1 Å². The number of ether oxygens (including phenoxy) is 3. The summed E-state index contributed by atoms with van der Waals surface area (Å²) in [6.45, 7) is 6.80. The lowest BCUT2D eigenvalue weighted by Crippen LogP contribution is -2.37. The summed E-state index contributed by atoms with van der Waals surface area (Å²) in [5.74, 6) is 1.66. The Hall–Kier alpha value is -2.84. The normalized spacial score (nSPS) is 20.5. The number of fused-ring (bicyclic) bond motifs is 2. The average molecular weight is 563 g/mol. The molecule has 38 heavy (non-hydrogen) atoms. The SMILES string of the molecule is Clc1nc(N2CCOCC2)c2cn[nH]c2n1.Clc1nc(N2CCOCC2)c2cnn(C3CCCCO3)c2n1. The van der Waals surface area contributed by atoms with Crippen molar-refractivity contribution < 1.29 is 14.2 Å². The van der Waals surface area contributed by atoms with Crippen LogP contribution in [0.1, 0.15) is 25.5 Å². The third-order valence-electron chi connectivity index (χ3n) is 6.72. The zero-order valence-electron chi connectivity index (χ0n) is 20.7. The van der Waals surface area contributed by atoms with Gasteiger partial charge in [-0.2, -0.15) is 30.1 Å². The standard InChI is InChI=1S/C14H18ClN5O2.C9H10ClN5O/c15-14-17-12(19-4-7-21-8-5-19)10-9-16-20(13(10)18-14)11-3-1-2-6-22-11;10-9-12-7-6(5-11-14-7)8(13-9)15-1-3-16-4-2-15/h9,11H,1-8H2;5H,1-4H2,(H,11,12,13,14). The topological polar surface area (TPSA) is 132 Å². The van der Waals surface area contributed by atoms with Gasteiger partial charge in [0.15, 0.2) is 17.5 Å². The van der Waals surface area contributed by atoms with E-state index in [1.54, 1.807) is 6.20 Å². The highest BCUT2D eigenvalue weighted by Gasteiger charge is 2.24. The molecule has 7 heterocycles. The van der Waals surface area contributed by atoms with Gasteiger partial charge in [0.1, 0.15) is 11.6 Å². The Kier molecular flexibility index (Phi) is 7.70. The molecule has 3 saturated heterocycles. The number of halogens is 2. The third-order valence-corrected chi connectivity index (χ3v) is 7.06. The Bertz CT molecular complexity index is 1380. The number of aromatic nitrogens is 8. The summed E-state index contributed by atoms with van der Waals surface area (Å²) in [6.07, 6.45) is 6.66. The number of aromatic amines is 1. The van der Waals surface area contributed by atoms with Crippen molar-refractivity contribution in [2.75, 3.05) is 69.0 Å². The van der Waals surface area contributed by atoms with E-state index in [2.05, 4.69) is 45.0 Å². The Morgan fingerprint density at radius 2 is 1.42 bits per heavy atom. The minimum Gasteiger partial charge on any atom is -0.378 e.